The van der Waals surface area contributed by atoms with Gasteiger partial charge < -0.3 is 0 Å². The van der Waals surface area contributed by atoms with E-state index in [1.54, 1.807) is 0 Å². The molecule has 0 rings (SSSR count). The fourth-order valence-electron chi connectivity index (χ4n) is 1.18. The molecule has 0 aromatic heterocycles. The Morgan fingerprint density at radius 1 is 1.50 bits per heavy atom. The molecule has 1 unspecified atom stereocenters. The molecule has 0 heterocycles. The first-order valence-electron chi connectivity index (χ1n) is 5.47. The number of hydrogen-bond donors (Lipinski definition) is 0. The van der Waals surface area contributed by atoms with Gasteiger partial charge in [-0.25, -0.2) is 0 Å². The van der Waals surface area contributed by atoms with Gasteiger partial charge in [0.25, 0.3) is 0 Å². The molecule has 0 bridgehead atoms. The summed E-state index contributed by atoms with van der Waals surface area (Å²) in [7, 11) is 0. The highest BCUT2D eigenvalue weighted by molar-refractivity contribution is 5.17. The van der Waals surface area contributed by atoms with Gasteiger partial charge in [0, 0.05) is 6.42 Å². The summed E-state index contributed by atoms with van der Waals surface area (Å²) < 4.78 is 0. The van der Waals surface area contributed by atoms with Crippen molar-refractivity contribution in [1.82, 2.24) is 0 Å². The van der Waals surface area contributed by atoms with Gasteiger partial charge in [-0.1, -0.05) is 44.1 Å². The molecule has 0 aliphatic carbocycles. The summed E-state index contributed by atoms with van der Waals surface area (Å²) in [6.07, 6.45) is 16.1. The van der Waals surface area contributed by atoms with Crippen molar-refractivity contribution in [2.24, 2.45) is 5.92 Å². The highest BCUT2D eigenvalue weighted by Gasteiger charge is 1.95. The maximum absolute atomic E-state index is 5.15. The van der Waals surface area contributed by atoms with Gasteiger partial charge in [-0.3, -0.25) is 0 Å². The Balaban J connectivity index is 3.72. The molecule has 0 saturated heterocycles. The standard InChI is InChI=1S/C14H22/c1-5-7-8-10-14(4)12-9-11-13(3)6-2/h1,8,10,12-13H,6-7,9,11H2,2-4H3/b10-8-,14-12?. The highest BCUT2D eigenvalue weighted by Crippen LogP contribution is 2.11. The zero-order chi connectivity index (χ0) is 10.8. The Hall–Kier alpha value is -0.960. The number of hydrogen-bond acceptors (Lipinski definition) is 0. The van der Waals surface area contributed by atoms with Crippen molar-refractivity contribution in [3.8, 4) is 12.3 Å². The van der Waals surface area contributed by atoms with E-state index in [-0.39, 0.29) is 0 Å². The molecule has 0 nitrogen and oxygen atoms in total. The molecule has 0 radical (unpaired) electrons. The molecule has 0 amide bonds. The van der Waals surface area contributed by atoms with Gasteiger partial charge in [0.1, 0.15) is 0 Å². The van der Waals surface area contributed by atoms with E-state index in [1.807, 2.05) is 6.08 Å². The lowest BCUT2D eigenvalue weighted by Gasteiger charge is -2.04. The molecular formula is C14H22. The van der Waals surface area contributed by atoms with Crippen LogP contribution in [0.2, 0.25) is 0 Å². The van der Waals surface area contributed by atoms with E-state index in [2.05, 4.69) is 38.8 Å². The SMILES string of the molecule is C#CC/C=C\C(C)=CCCC(C)CC. The predicted octanol–water partition coefficient (Wildman–Crippen LogP) is 4.34. The van der Waals surface area contributed by atoms with Crippen LogP contribution in [-0.2, 0) is 0 Å². The highest BCUT2D eigenvalue weighted by atomic mass is 14.0. The van der Waals surface area contributed by atoms with E-state index in [9.17, 15) is 0 Å². The number of terminal acetylenes is 1. The molecule has 1 atom stereocenters. The maximum Gasteiger partial charge on any atom is 0.0270 e. The molecule has 0 heteroatoms. The average molecular weight is 190 g/mol. The lowest BCUT2D eigenvalue weighted by molar-refractivity contribution is 0.521. The Bertz CT molecular complexity index is 225. The van der Waals surface area contributed by atoms with E-state index in [1.165, 1.54) is 24.8 Å². The predicted molar refractivity (Wildman–Crippen MR) is 65.0 cm³/mol. The normalized spacial score (nSPS) is 14.3. The Kier molecular flexibility index (Phi) is 8.04. The first-order chi connectivity index (χ1) is 6.70. The Morgan fingerprint density at radius 3 is 2.79 bits per heavy atom. The summed E-state index contributed by atoms with van der Waals surface area (Å²) in [5.74, 6) is 3.43. The second-order valence-corrected chi connectivity index (χ2v) is 3.85. The molecule has 0 spiro atoms. The third-order valence-corrected chi connectivity index (χ3v) is 2.44. The van der Waals surface area contributed by atoms with Crippen LogP contribution in [-0.4, -0.2) is 0 Å². The monoisotopic (exact) mass is 190 g/mol. The van der Waals surface area contributed by atoms with Gasteiger partial charge >= 0.3 is 0 Å². The van der Waals surface area contributed by atoms with Crippen LogP contribution < -0.4 is 0 Å². The minimum atomic E-state index is 0.733. The van der Waals surface area contributed by atoms with E-state index >= 15 is 0 Å². The zero-order valence-corrected chi connectivity index (χ0v) is 9.72. The number of rotatable bonds is 6. The van der Waals surface area contributed by atoms with Gasteiger partial charge in [-0.05, 0) is 25.7 Å². The van der Waals surface area contributed by atoms with Crippen molar-refractivity contribution in [1.29, 1.82) is 0 Å². The van der Waals surface area contributed by atoms with Gasteiger partial charge in [-0.15, -0.1) is 12.3 Å². The zero-order valence-electron chi connectivity index (χ0n) is 9.72. The molecular weight excluding hydrogens is 168 g/mol. The van der Waals surface area contributed by atoms with Crippen LogP contribution in [0.25, 0.3) is 0 Å². The minimum absolute atomic E-state index is 0.733. The van der Waals surface area contributed by atoms with Crippen molar-refractivity contribution in [3.63, 3.8) is 0 Å². The van der Waals surface area contributed by atoms with Crippen LogP contribution in [0.15, 0.2) is 23.8 Å². The van der Waals surface area contributed by atoms with Gasteiger partial charge in [0.2, 0.25) is 0 Å². The fraction of sp³-hybridized carbons (Fsp3) is 0.571. The molecule has 0 aliphatic rings. The van der Waals surface area contributed by atoms with Crippen LogP contribution in [0.5, 0.6) is 0 Å². The van der Waals surface area contributed by atoms with Crippen molar-refractivity contribution < 1.29 is 0 Å². The van der Waals surface area contributed by atoms with E-state index in [4.69, 9.17) is 6.42 Å². The summed E-state index contributed by atoms with van der Waals surface area (Å²) in [5.41, 5.74) is 1.32. The van der Waals surface area contributed by atoms with Crippen molar-refractivity contribution >= 4 is 0 Å². The summed E-state index contributed by atoms with van der Waals surface area (Å²) in [6.45, 7) is 6.68. The molecule has 0 N–H and O–H groups in total. The maximum atomic E-state index is 5.15. The van der Waals surface area contributed by atoms with Crippen LogP contribution in [0.3, 0.4) is 0 Å². The van der Waals surface area contributed by atoms with E-state index in [0.717, 1.165) is 12.3 Å². The van der Waals surface area contributed by atoms with E-state index < -0.39 is 0 Å². The first kappa shape index (κ1) is 13.0. The molecule has 14 heavy (non-hydrogen) atoms. The minimum Gasteiger partial charge on any atom is -0.120 e. The van der Waals surface area contributed by atoms with Crippen molar-refractivity contribution in [2.75, 3.05) is 0 Å². The van der Waals surface area contributed by atoms with Gasteiger partial charge in [0.05, 0.1) is 0 Å². The molecule has 78 valence electrons. The third kappa shape index (κ3) is 7.68. The van der Waals surface area contributed by atoms with E-state index in [0.29, 0.717) is 0 Å². The van der Waals surface area contributed by atoms with Gasteiger partial charge in [0.15, 0.2) is 0 Å². The van der Waals surface area contributed by atoms with Crippen LogP contribution in [0.4, 0.5) is 0 Å². The summed E-state index contributed by atoms with van der Waals surface area (Å²) in [6, 6.07) is 0. The van der Waals surface area contributed by atoms with Crippen molar-refractivity contribution in [2.45, 2.75) is 46.5 Å². The summed E-state index contributed by atoms with van der Waals surface area (Å²) in [5, 5.41) is 0. The Morgan fingerprint density at radius 2 is 2.21 bits per heavy atom. The molecule has 0 aliphatic heterocycles. The lowest BCUT2D eigenvalue weighted by atomic mass is 10.0. The smallest absolute Gasteiger partial charge is 0.0270 e. The summed E-state index contributed by atoms with van der Waals surface area (Å²) in [4.78, 5) is 0. The summed E-state index contributed by atoms with van der Waals surface area (Å²) >= 11 is 0. The lowest BCUT2D eigenvalue weighted by Crippen LogP contribution is -1.89. The molecule has 0 aromatic rings. The molecule has 0 saturated carbocycles. The Labute approximate surface area is 89.1 Å². The quantitative estimate of drug-likeness (QED) is 0.432. The second-order valence-electron chi connectivity index (χ2n) is 3.85. The largest absolute Gasteiger partial charge is 0.120 e. The second kappa shape index (κ2) is 8.63. The molecule has 0 aromatic carbocycles. The van der Waals surface area contributed by atoms with Gasteiger partial charge in [-0.2, -0.15) is 0 Å². The van der Waals surface area contributed by atoms with Crippen molar-refractivity contribution in [3.05, 3.63) is 23.8 Å². The number of allylic oxidation sites excluding steroid dienone is 4. The van der Waals surface area contributed by atoms with Crippen LogP contribution in [0, 0.1) is 18.3 Å². The van der Waals surface area contributed by atoms with Crippen LogP contribution in [0.1, 0.15) is 46.5 Å². The first-order valence-corrected chi connectivity index (χ1v) is 5.47. The average Bonchev–Trinajstić information content (AvgIpc) is 2.18. The third-order valence-electron chi connectivity index (χ3n) is 2.44. The fourth-order valence-corrected chi connectivity index (χ4v) is 1.18. The topological polar surface area (TPSA) is 0 Å². The molecule has 0 fully saturated rings. The van der Waals surface area contributed by atoms with Crippen LogP contribution >= 0.6 is 0 Å².